The highest BCUT2D eigenvalue weighted by atomic mass is 16.2. The molecule has 0 saturated heterocycles. The van der Waals surface area contributed by atoms with E-state index in [2.05, 4.69) is 0 Å². The molecular weight excluding hydrogens is 298 g/mol. The second-order valence-corrected chi connectivity index (χ2v) is 5.69. The number of fused-ring (bicyclic) bond motifs is 1. The molecule has 4 heteroatoms. The van der Waals surface area contributed by atoms with E-state index in [4.69, 9.17) is 0 Å². The molecule has 0 bridgehead atoms. The molecule has 116 valence electrons. The van der Waals surface area contributed by atoms with E-state index < -0.39 is 0 Å². The molecule has 2 aromatic rings. The maximum Gasteiger partial charge on any atom is 0.261 e. The molecule has 4 nitrogen and oxygen atoms in total. The van der Waals surface area contributed by atoms with Gasteiger partial charge in [0, 0.05) is 12.1 Å². The lowest BCUT2D eigenvalue weighted by Crippen LogP contribution is -2.28. The first-order valence-corrected chi connectivity index (χ1v) is 7.67. The number of benzene rings is 2. The zero-order valence-corrected chi connectivity index (χ0v) is 13.3. The van der Waals surface area contributed by atoms with Crippen molar-refractivity contribution < 1.29 is 4.79 Å². The van der Waals surface area contributed by atoms with Gasteiger partial charge in [-0.05, 0) is 31.0 Å². The van der Waals surface area contributed by atoms with Gasteiger partial charge in [-0.25, -0.2) is 0 Å². The van der Waals surface area contributed by atoms with Gasteiger partial charge in [0.15, 0.2) is 0 Å². The summed E-state index contributed by atoms with van der Waals surface area (Å²) in [5, 5.41) is 18.4. The van der Waals surface area contributed by atoms with Crippen molar-refractivity contribution in [2.24, 2.45) is 0 Å². The Morgan fingerprint density at radius 1 is 1.08 bits per heavy atom. The number of anilines is 1. The molecule has 1 aliphatic rings. The van der Waals surface area contributed by atoms with Crippen LogP contribution in [-0.4, -0.2) is 12.5 Å². The summed E-state index contributed by atoms with van der Waals surface area (Å²) in [6.07, 6.45) is 0.710. The topological polar surface area (TPSA) is 67.9 Å². The van der Waals surface area contributed by atoms with Crippen LogP contribution in [-0.2, 0) is 11.2 Å². The summed E-state index contributed by atoms with van der Waals surface area (Å²) in [6.45, 7) is 2.43. The fraction of sp³-hybridized carbons (Fsp3) is 0.150. The number of carbonyl (C=O) groups is 1. The monoisotopic (exact) mass is 313 g/mol. The van der Waals surface area contributed by atoms with E-state index in [0.717, 1.165) is 16.8 Å². The Labute approximate surface area is 140 Å². The summed E-state index contributed by atoms with van der Waals surface area (Å²) >= 11 is 0. The van der Waals surface area contributed by atoms with Crippen molar-refractivity contribution in [3.8, 4) is 12.1 Å². The van der Waals surface area contributed by atoms with E-state index in [0.29, 0.717) is 18.5 Å². The number of aryl methyl sites for hydroxylation is 1. The molecule has 0 aromatic heterocycles. The molecule has 0 fully saturated rings. The lowest BCUT2D eigenvalue weighted by atomic mass is 10.0. The van der Waals surface area contributed by atoms with Crippen LogP contribution in [0.25, 0.3) is 5.57 Å². The largest absolute Gasteiger partial charge is 0.307 e. The van der Waals surface area contributed by atoms with Crippen LogP contribution < -0.4 is 4.90 Å². The zero-order chi connectivity index (χ0) is 17.1. The fourth-order valence-electron chi connectivity index (χ4n) is 2.93. The second kappa shape index (κ2) is 6.40. The molecule has 1 amide bonds. The third-order valence-electron chi connectivity index (χ3n) is 4.11. The average Bonchev–Trinajstić information content (AvgIpc) is 2.87. The number of nitrogens with zero attached hydrogens (tertiary/aromatic N) is 3. The van der Waals surface area contributed by atoms with Gasteiger partial charge >= 0.3 is 0 Å². The first-order valence-electron chi connectivity index (χ1n) is 7.67. The van der Waals surface area contributed by atoms with Crippen molar-refractivity contribution in [1.29, 1.82) is 10.5 Å². The van der Waals surface area contributed by atoms with E-state index in [1.54, 1.807) is 4.90 Å². The molecule has 1 aliphatic heterocycles. The highest BCUT2D eigenvalue weighted by molar-refractivity contribution is 6.34. The van der Waals surface area contributed by atoms with Gasteiger partial charge in [0.1, 0.15) is 17.7 Å². The first-order chi connectivity index (χ1) is 11.7. The van der Waals surface area contributed by atoms with Crippen LogP contribution in [0.1, 0.15) is 16.7 Å². The van der Waals surface area contributed by atoms with Gasteiger partial charge in [-0.1, -0.05) is 42.0 Å². The van der Waals surface area contributed by atoms with Crippen LogP contribution in [0, 0.1) is 29.6 Å². The maximum absolute atomic E-state index is 12.8. The molecule has 3 rings (SSSR count). The number of nitriles is 2. The van der Waals surface area contributed by atoms with Gasteiger partial charge in [-0.2, -0.15) is 10.5 Å². The molecule has 0 saturated carbocycles. The van der Waals surface area contributed by atoms with Crippen molar-refractivity contribution >= 4 is 17.2 Å². The summed E-state index contributed by atoms with van der Waals surface area (Å²) in [4.78, 5) is 14.5. The SMILES string of the molecule is Cc1ccc2c(c1)C(=C(C#N)C#N)C(=O)N2CCc1ccccc1. The Bertz CT molecular complexity index is 898. The van der Waals surface area contributed by atoms with Gasteiger partial charge in [-0.3, -0.25) is 4.79 Å². The highest BCUT2D eigenvalue weighted by Crippen LogP contribution is 2.38. The minimum absolute atomic E-state index is 0.130. The van der Waals surface area contributed by atoms with Crippen molar-refractivity contribution in [3.63, 3.8) is 0 Å². The van der Waals surface area contributed by atoms with Gasteiger partial charge < -0.3 is 4.90 Å². The minimum atomic E-state index is -0.273. The molecule has 1 heterocycles. The summed E-state index contributed by atoms with van der Waals surface area (Å²) < 4.78 is 0. The lowest BCUT2D eigenvalue weighted by molar-refractivity contribution is -0.113. The first kappa shape index (κ1) is 15.5. The predicted molar refractivity (Wildman–Crippen MR) is 91.8 cm³/mol. The molecule has 0 N–H and O–H groups in total. The molecule has 0 spiro atoms. The molecule has 0 aliphatic carbocycles. The number of carbonyl (C=O) groups excluding carboxylic acids is 1. The van der Waals surface area contributed by atoms with Crippen molar-refractivity contribution in [1.82, 2.24) is 0 Å². The third kappa shape index (κ3) is 2.66. The van der Waals surface area contributed by atoms with Crippen LogP contribution in [0.4, 0.5) is 5.69 Å². The molecule has 2 aromatic carbocycles. The fourth-order valence-corrected chi connectivity index (χ4v) is 2.93. The number of rotatable bonds is 3. The van der Waals surface area contributed by atoms with Crippen LogP contribution >= 0.6 is 0 Å². The molecule has 0 radical (unpaired) electrons. The molecule has 0 unspecified atom stereocenters. The normalized spacial score (nSPS) is 12.5. The van der Waals surface area contributed by atoms with E-state index in [-0.39, 0.29) is 17.1 Å². The van der Waals surface area contributed by atoms with Crippen molar-refractivity contribution in [3.05, 3.63) is 70.8 Å². The Kier molecular flexibility index (Phi) is 4.14. The van der Waals surface area contributed by atoms with Gasteiger partial charge in [0.2, 0.25) is 0 Å². The summed E-state index contributed by atoms with van der Waals surface area (Å²) in [5.74, 6) is -0.273. The predicted octanol–water partition coefficient (Wildman–Crippen LogP) is 3.39. The second-order valence-electron chi connectivity index (χ2n) is 5.69. The van der Waals surface area contributed by atoms with E-state index >= 15 is 0 Å². The van der Waals surface area contributed by atoms with Crippen molar-refractivity contribution in [2.45, 2.75) is 13.3 Å². The molecule has 24 heavy (non-hydrogen) atoms. The van der Waals surface area contributed by atoms with Crippen molar-refractivity contribution in [2.75, 3.05) is 11.4 Å². The highest BCUT2D eigenvalue weighted by Gasteiger charge is 2.34. The van der Waals surface area contributed by atoms with E-state index in [1.807, 2.05) is 67.6 Å². The molecule has 0 atom stereocenters. The lowest BCUT2D eigenvalue weighted by Gasteiger charge is -2.17. The van der Waals surface area contributed by atoms with Gasteiger partial charge in [0.05, 0.1) is 11.3 Å². The van der Waals surface area contributed by atoms with E-state index in [9.17, 15) is 15.3 Å². The van der Waals surface area contributed by atoms with Crippen LogP contribution in [0.15, 0.2) is 54.1 Å². The van der Waals surface area contributed by atoms with E-state index in [1.165, 1.54) is 0 Å². The zero-order valence-electron chi connectivity index (χ0n) is 13.3. The van der Waals surface area contributed by atoms with Crippen LogP contribution in [0.3, 0.4) is 0 Å². The minimum Gasteiger partial charge on any atom is -0.307 e. The maximum atomic E-state index is 12.8. The third-order valence-corrected chi connectivity index (χ3v) is 4.11. The van der Waals surface area contributed by atoms with Crippen LogP contribution in [0.5, 0.6) is 0 Å². The summed E-state index contributed by atoms with van der Waals surface area (Å²) in [6, 6.07) is 19.3. The number of amides is 1. The van der Waals surface area contributed by atoms with Crippen LogP contribution in [0.2, 0.25) is 0 Å². The quantitative estimate of drug-likeness (QED) is 0.644. The number of hydrogen-bond donors (Lipinski definition) is 0. The Hall–Kier alpha value is -3.37. The summed E-state index contributed by atoms with van der Waals surface area (Å²) in [5.41, 5.74) is 3.64. The summed E-state index contributed by atoms with van der Waals surface area (Å²) in [7, 11) is 0. The molecular formula is C20H15N3O. The Morgan fingerprint density at radius 3 is 2.46 bits per heavy atom. The standard InChI is InChI=1S/C20H15N3O/c1-14-7-8-18-17(11-14)19(16(12-21)13-22)20(24)23(18)10-9-15-5-3-2-4-6-15/h2-8,11H,9-10H2,1H3. The Morgan fingerprint density at radius 2 is 1.79 bits per heavy atom. The smallest absolute Gasteiger partial charge is 0.261 e. The number of allylic oxidation sites excluding steroid dienone is 1. The Balaban J connectivity index is 2.01. The average molecular weight is 313 g/mol. The van der Waals surface area contributed by atoms with Gasteiger partial charge in [0.25, 0.3) is 5.91 Å². The van der Waals surface area contributed by atoms with Gasteiger partial charge in [-0.15, -0.1) is 0 Å². The number of hydrogen-bond acceptors (Lipinski definition) is 3.